The average Bonchev–Trinajstić information content (AvgIpc) is 2.15. The van der Waals surface area contributed by atoms with Crippen LogP contribution in [0.2, 0.25) is 5.02 Å². The first-order chi connectivity index (χ1) is 7.78. The van der Waals surface area contributed by atoms with Crippen LogP contribution in [0.1, 0.15) is 20.3 Å². The number of rotatable bonds is 5. The molecule has 0 atom stereocenters. The summed E-state index contributed by atoms with van der Waals surface area (Å²) in [6.45, 7) is 3.33. The normalized spacial score (nSPS) is 12.7. The number of nitrogens with one attached hydrogen (secondary N) is 1. The molecule has 4 nitrogen and oxygen atoms in total. The molecule has 2 N–H and O–H groups in total. The Labute approximate surface area is 107 Å². The van der Waals surface area contributed by atoms with Crippen molar-refractivity contribution in [1.82, 2.24) is 4.72 Å². The Morgan fingerprint density at radius 2 is 1.94 bits per heavy atom. The molecule has 0 aliphatic heterocycles. The third-order valence-corrected chi connectivity index (χ3v) is 4.47. The number of aliphatic hydroxyl groups is 1. The Bertz CT molecular complexity index is 485. The maximum absolute atomic E-state index is 12.1. The first-order valence-electron chi connectivity index (χ1n) is 5.18. The van der Waals surface area contributed by atoms with Crippen LogP contribution < -0.4 is 4.72 Å². The van der Waals surface area contributed by atoms with E-state index in [1.54, 1.807) is 26.0 Å². The Morgan fingerprint density at radius 1 is 1.35 bits per heavy atom. The summed E-state index contributed by atoms with van der Waals surface area (Å²) in [5, 5.41) is 9.04. The highest BCUT2D eigenvalue weighted by Gasteiger charge is 2.26. The number of sulfonamides is 1. The van der Waals surface area contributed by atoms with Crippen LogP contribution in [-0.2, 0) is 10.0 Å². The van der Waals surface area contributed by atoms with Crippen molar-refractivity contribution in [3.8, 4) is 0 Å². The van der Waals surface area contributed by atoms with Crippen LogP contribution in [0.15, 0.2) is 29.2 Å². The lowest BCUT2D eigenvalue weighted by molar-refractivity contribution is 0.246. The van der Waals surface area contributed by atoms with Crippen molar-refractivity contribution < 1.29 is 13.5 Å². The zero-order valence-corrected chi connectivity index (χ0v) is 11.3. The van der Waals surface area contributed by atoms with E-state index in [-0.39, 0.29) is 16.5 Å². The summed E-state index contributed by atoms with van der Waals surface area (Å²) in [6.07, 6.45) is 0.330. The van der Waals surface area contributed by atoms with E-state index in [0.29, 0.717) is 6.42 Å². The minimum Gasteiger partial charge on any atom is -0.396 e. The van der Waals surface area contributed by atoms with Gasteiger partial charge in [-0.15, -0.1) is 0 Å². The van der Waals surface area contributed by atoms with Crippen LogP contribution in [0.4, 0.5) is 0 Å². The van der Waals surface area contributed by atoms with Gasteiger partial charge >= 0.3 is 0 Å². The van der Waals surface area contributed by atoms with Gasteiger partial charge in [0.1, 0.15) is 4.90 Å². The zero-order valence-electron chi connectivity index (χ0n) is 9.77. The molecule has 0 saturated carbocycles. The number of halogens is 1. The molecule has 96 valence electrons. The fourth-order valence-electron chi connectivity index (χ4n) is 1.41. The molecule has 0 saturated heterocycles. The smallest absolute Gasteiger partial charge is 0.242 e. The topological polar surface area (TPSA) is 66.4 Å². The van der Waals surface area contributed by atoms with Crippen molar-refractivity contribution in [1.29, 1.82) is 0 Å². The standard InChI is InChI=1S/C11H16ClNO3S/c1-11(2,7-8-14)13-17(15,16)10-6-4-3-5-9(10)12/h3-6,13-14H,7-8H2,1-2H3. The second-order valence-corrected chi connectivity index (χ2v) is 6.45. The molecule has 0 bridgehead atoms. The molecule has 0 radical (unpaired) electrons. The van der Waals surface area contributed by atoms with Crippen LogP contribution in [-0.4, -0.2) is 25.7 Å². The average molecular weight is 278 g/mol. The lowest BCUT2D eigenvalue weighted by Crippen LogP contribution is -2.43. The maximum Gasteiger partial charge on any atom is 0.242 e. The summed E-state index contributed by atoms with van der Waals surface area (Å²) < 4.78 is 26.7. The number of hydrogen-bond donors (Lipinski definition) is 2. The van der Waals surface area contributed by atoms with E-state index in [1.807, 2.05) is 0 Å². The summed E-state index contributed by atoms with van der Waals surface area (Å²) >= 11 is 5.85. The highest BCUT2D eigenvalue weighted by Crippen LogP contribution is 2.22. The van der Waals surface area contributed by atoms with Crippen LogP contribution >= 0.6 is 11.6 Å². The van der Waals surface area contributed by atoms with Crippen molar-refractivity contribution in [2.24, 2.45) is 0 Å². The first kappa shape index (κ1) is 14.4. The van der Waals surface area contributed by atoms with Gasteiger partial charge in [0.15, 0.2) is 0 Å². The Morgan fingerprint density at radius 3 is 2.47 bits per heavy atom. The van der Waals surface area contributed by atoms with E-state index < -0.39 is 15.6 Å². The zero-order chi connectivity index (χ0) is 13.1. The van der Waals surface area contributed by atoms with Gasteiger partial charge < -0.3 is 5.11 Å². The lowest BCUT2D eigenvalue weighted by Gasteiger charge is -2.25. The van der Waals surface area contributed by atoms with Gasteiger partial charge in [-0.25, -0.2) is 13.1 Å². The third-order valence-electron chi connectivity index (χ3n) is 2.27. The van der Waals surface area contributed by atoms with E-state index in [2.05, 4.69) is 4.72 Å². The summed E-state index contributed by atoms with van der Waals surface area (Å²) in [5.41, 5.74) is -0.716. The van der Waals surface area contributed by atoms with E-state index >= 15 is 0 Å². The quantitative estimate of drug-likeness (QED) is 0.862. The maximum atomic E-state index is 12.1. The van der Waals surface area contributed by atoms with Crippen molar-refractivity contribution >= 4 is 21.6 Å². The number of aliphatic hydroxyl groups excluding tert-OH is 1. The summed E-state index contributed by atoms with van der Waals surface area (Å²) in [4.78, 5) is 0.0488. The molecule has 17 heavy (non-hydrogen) atoms. The Kier molecular flexibility index (Phi) is 4.55. The summed E-state index contributed by atoms with van der Waals surface area (Å²) in [7, 11) is -3.66. The fourth-order valence-corrected chi connectivity index (χ4v) is 3.37. The van der Waals surface area contributed by atoms with Crippen molar-refractivity contribution in [3.05, 3.63) is 29.3 Å². The molecule has 1 rings (SSSR count). The Hall–Kier alpha value is -0.620. The predicted octanol–water partition coefficient (Wildman–Crippen LogP) is 1.78. The largest absolute Gasteiger partial charge is 0.396 e. The fraction of sp³-hybridized carbons (Fsp3) is 0.455. The Balaban J connectivity index is 3.02. The van der Waals surface area contributed by atoms with Crippen molar-refractivity contribution in [3.63, 3.8) is 0 Å². The molecule has 6 heteroatoms. The van der Waals surface area contributed by atoms with E-state index in [9.17, 15) is 8.42 Å². The molecular weight excluding hydrogens is 262 g/mol. The minimum atomic E-state index is -3.66. The van der Waals surface area contributed by atoms with Crippen molar-refractivity contribution in [2.75, 3.05) is 6.61 Å². The SMILES string of the molecule is CC(C)(CCO)NS(=O)(=O)c1ccccc1Cl. The van der Waals surface area contributed by atoms with Gasteiger partial charge in [-0.2, -0.15) is 0 Å². The van der Waals surface area contributed by atoms with Gasteiger partial charge in [-0.05, 0) is 32.4 Å². The van der Waals surface area contributed by atoms with Crippen LogP contribution in [0.25, 0.3) is 0 Å². The second kappa shape index (κ2) is 5.35. The van der Waals surface area contributed by atoms with Crippen molar-refractivity contribution in [2.45, 2.75) is 30.7 Å². The molecule has 0 heterocycles. The monoisotopic (exact) mass is 277 g/mol. The van der Waals surface area contributed by atoms with Crippen LogP contribution in [0, 0.1) is 0 Å². The molecule has 0 unspecified atom stereocenters. The van der Waals surface area contributed by atoms with Gasteiger partial charge in [-0.1, -0.05) is 23.7 Å². The van der Waals surface area contributed by atoms with Gasteiger partial charge in [-0.3, -0.25) is 0 Å². The van der Waals surface area contributed by atoms with E-state index in [0.717, 1.165) is 0 Å². The van der Waals surface area contributed by atoms with Gasteiger partial charge in [0.25, 0.3) is 0 Å². The molecule has 0 fully saturated rings. The summed E-state index contributed by atoms with van der Waals surface area (Å²) in [5.74, 6) is 0. The molecule has 0 aromatic heterocycles. The highest BCUT2D eigenvalue weighted by molar-refractivity contribution is 7.89. The number of hydrogen-bond acceptors (Lipinski definition) is 3. The highest BCUT2D eigenvalue weighted by atomic mass is 35.5. The van der Waals surface area contributed by atoms with Gasteiger partial charge in [0, 0.05) is 12.1 Å². The van der Waals surface area contributed by atoms with Gasteiger partial charge in [0.05, 0.1) is 5.02 Å². The van der Waals surface area contributed by atoms with E-state index in [4.69, 9.17) is 16.7 Å². The molecule has 0 aliphatic rings. The predicted molar refractivity (Wildman–Crippen MR) is 67.6 cm³/mol. The molecule has 0 amide bonds. The molecular formula is C11H16ClNO3S. The molecule has 1 aromatic rings. The second-order valence-electron chi connectivity index (χ2n) is 4.39. The third kappa shape index (κ3) is 3.96. The molecule has 0 aliphatic carbocycles. The van der Waals surface area contributed by atoms with Gasteiger partial charge in [0.2, 0.25) is 10.0 Å². The lowest BCUT2D eigenvalue weighted by atomic mass is 10.0. The van der Waals surface area contributed by atoms with Crippen LogP contribution in [0.5, 0.6) is 0 Å². The first-order valence-corrected chi connectivity index (χ1v) is 7.04. The molecule has 0 spiro atoms. The minimum absolute atomic E-state index is 0.0488. The summed E-state index contributed by atoms with van der Waals surface area (Å²) in [6, 6.07) is 6.24. The van der Waals surface area contributed by atoms with E-state index in [1.165, 1.54) is 12.1 Å². The van der Waals surface area contributed by atoms with Crippen LogP contribution in [0.3, 0.4) is 0 Å². The molecule has 1 aromatic carbocycles. The number of benzene rings is 1.